The van der Waals surface area contributed by atoms with Gasteiger partial charge >= 0.3 is 0 Å². The minimum Gasteiger partial charge on any atom is -0.491 e. The fourth-order valence-corrected chi connectivity index (χ4v) is 2.54. The average Bonchev–Trinajstić information content (AvgIpc) is 2.51. The van der Waals surface area contributed by atoms with Gasteiger partial charge in [-0.25, -0.2) is 0 Å². The molecule has 0 unspecified atom stereocenters. The van der Waals surface area contributed by atoms with Gasteiger partial charge < -0.3 is 14.2 Å². The van der Waals surface area contributed by atoms with E-state index in [2.05, 4.69) is 37.8 Å². The van der Waals surface area contributed by atoms with Crippen LogP contribution in [-0.2, 0) is 14.9 Å². The lowest BCUT2D eigenvalue weighted by Gasteiger charge is -2.26. The van der Waals surface area contributed by atoms with Crippen molar-refractivity contribution in [2.24, 2.45) is 0 Å². The van der Waals surface area contributed by atoms with Gasteiger partial charge in [0.15, 0.2) is 0 Å². The summed E-state index contributed by atoms with van der Waals surface area (Å²) in [5, 5.41) is 0. The molecular weight excluding hydrogens is 278 g/mol. The first-order chi connectivity index (χ1) is 10.6. The van der Waals surface area contributed by atoms with Crippen molar-refractivity contribution in [3.63, 3.8) is 0 Å². The number of hydrogen-bond donors (Lipinski definition) is 0. The highest BCUT2D eigenvalue weighted by molar-refractivity contribution is 5.38. The molecule has 0 radical (unpaired) electrons. The molecule has 4 nitrogen and oxygen atoms in total. The van der Waals surface area contributed by atoms with Crippen molar-refractivity contribution in [1.82, 2.24) is 4.90 Å². The highest BCUT2D eigenvalue weighted by Crippen LogP contribution is 2.30. The molecule has 1 aliphatic heterocycles. The maximum Gasteiger partial charge on any atom is 0.123 e. The Hall–Kier alpha value is -1.10. The smallest absolute Gasteiger partial charge is 0.123 e. The Morgan fingerprint density at radius 1 is 1.05 bits per heavy atom. The topological polar surface area (TPSA) is 30.9 Å². The Bertz CT molecular complexity index is 436. The Kier molecular flexibility index (Phi) is 6.68. The molecule has 1 aromatic rings. The standard InChI is InChI=1S/C18H29NO3/c1-18(2,3)16-6-4-5-7-17(16)22-15-14-21-13-10-19-8-11-20-12-9-19/h4-7H,8-15H2,1-3H3. The van der Waals surface area contributed by atoms with E-state index in [0.717, 1.165) is 45.2 Å². The number of ether oxygens (including phenoxy) is 3. The summed E-state index contributed by atoms with van der Waals surface area (Å²) in [4.78, 5) is 2.37. The molecule has 0 amide bonds. The molecule has 0 aromatic heterocycles. The minimum absolute atomic E-state index is 0.0911. The van der Waals surface area contributed by atoms with Gasteiger partial charge in [0.05, 0.1) is 26.4 Å². The summed E-state index contributed by atoms with van der Waals surface area (Å²) in [7, 11) is 0. The molecule has 0 atom stereocenters. The second-order valence-corrected chi connectivity index (χ2v) is 6.66. The van der Waals surface area contributed by atoms with Crippen LogP contribution >= 0.6 is 0 Å². The van der Waals surface area contributed by atoms with E-state index in [1.54, 1.807) is 0 Å². The van der Waals surface area contributed by atoms with Crippen LogP contribution in [0.4, 0.5) is 0 Å². The van der Waals surface area contributed by atoms with Crippen LogP contribution in [0.15, 0.2) is 24.3 Å². The molecule has 1 aromatic carbocycles. The van der Waals surface area contributed by atoms with Gasteiger partial charge in [0.25, 0.3) is 0 Å². The molecule has 22 heavy (non-hydrogen) atoms. The van der Waals surface area contributed by atoms with E-state index in [4.69, 9.17) is 14.2 Å². The summed E-state index contributed by atoms with van der Waals surface area (Å²) >= 11 is 0. The van der Waals surface area contributed by atoms with Crippen molar-refractivity contribution < 1.29 is 14.2 Å². The molecule has 0 aliphatic carbocycles. The highest BCUT2D eigenvalue weighted by Gasteiger charge is 2.18. The predicted octanol–water partition coefficient (Wildman–Crippen LogP) is 2.71. The van der Waals surface area contributed by atoms with Gasteiger partial charge in [-0.3, -0.25) is 4.90 Å². The summed E-state index contributed by atoms with van der Waals surface area (Å²) in [6.07, 6.45) is 0. The fourth-order valence-electron chi connectivity index (χ4n) is 2.54. The summed E-state index contributed by atoms with van der Waals surface area (Å²) in [5.74, 6) is 0.965. The van der Waals surface area contributed by atoms with Gasteiger partial charge in [-0.15, -0.1) is 0 Å². The highest BCUT2D eigenvalue weighted by atomic mass is 16.5. The zero-order valence-corrected chi connectivity index (χ0v) is 14.1. The van der Waals surface area contributed by atoms with E-state index in [1.807, 2.05) is 12.1 Å². The van der Waals surface area contributed by atoms with Gasteiger partial charge in [0.2, 0.25) is 0 Å². The third-order valence-corrected chi connectivity index (χ3v) is 3.84. The Labute approximate surface area is 134 Å². The number of rotatable bonds is 7. The molecular formula is C18H29NO3. The van der Waals surface area contributed by atoms with Crippen molar-refractivity contribution >= 4 is 0 Å². The van der Waals surface area contributed by atoms with Gasteiger partial charge in [0, 0.05) is 19.6 Å². The zero-order valence-electron chi connectivity index (χ0n) is 14.1. The van der Waals surface area contributed by atoms with Gasteiger partial charge in [0.1, 0.15) is 12.4 Å². The van der Waals surface area contributed by atoms with Crippen LogP contribution in [0.25, 0.3) is 0 Å². The molecule has 0 bridgehead atoms. The molecule has 0 spiro atoms. The van der Waals surface area contributed by atoms with Crippen molar-refractivity contribution in [2.45, 2.75) is 26.2 Å². The van der Waals surface area contributed by atoms with Crippen LogP contribution in [0.2, 0.25) is 0 Å². The van der Waals surface area contributed by atoms with Crippen LogP contribution in [-0.4, -0.2) is 57.6 Å². The number of para-hydroxylation sites is 1. The number of nitrogens with zero attached hydrogens (tertiary/aromatic N) is 1. The molecule has 124 valence electrons. The minimum atomic E-state index is 0.0911. The first kappa shape index (κ1) is 17.3. The molecule has 1 heterocycles. The maximum absolute atomic E-state index is 5.90. The molecule has 4 heteroatoms. The van der Waals surface area contributed by atoms with Crippen molar-refractivity contribution in [1.29, 1.82) is 0 Å². The van der Waals surface area contributed by atoms with Crippen LogP contribution in [0.5, 0.6) is 5.75 Å². The monoisotopic (exact) mass is 307 g/mol. The molecule has 0 saturated carbocycles. The molecule has 1 fully saturated rings. The van der Waals surface area contributed by atoms with Gasteiger partial charge in [-0.05, 0) is 17.0 Å². The third kappa shape index (κ3) is 5.59. The van der Waals surface area contributed by atoms with Crippen LogP contribution < -0.4 is 4.74 Å². The van der Waals surface area contributed by atoms with Crippen LogP contribution in [0.3, 0.4) is 0 Å². The lowest BCUT2D eigenvalue weighted by atomic mass is 9.86. The molecule has 0 N–H and O–H groups in total. The Morgan fingerprint density at radius 2 is 1.77 bits per heavy atom. The first-order valence-electron chi connectivity index (χ1n) is 8.17. The SMILES string of the molecule is CC(C)(C)c1ccccc1OCCOCCN1CCOCC1. The molecule has 1 aliphatic rings. The summed E-state index contributed by atoms with van der Waals surface area (Å²) in [6, 6.07) is 8.25. The number of morpholine rings is 1. The second-order valence-electron chi connectivity index (χ2n) is 6.66. The van der Waals surface area contributed by atoms with Crippen molar-refractivity contribution in [3.05, 3.63) is 29.8 Å². The average molecular weight is 307 g/mol. The predicted molar refractivity (Wildman–Crippen MR) is 88.7 cm³/mol. The second kappa shape index (κ2) is 8.51. The van der Waals surface area contributed by atoms with Gasteiger partial charge in [-0.1, -0.05) is 39.0 Å². The first-order valence-corrected chi connectivity index (χ1v) is 8.17. The largest absolute Gasteiger partial charge is 0.491 e. The molecule has 1 saturated heterocycles. The summed E-state index contributed by atoms with van der Waals surface area (Å²) in [6.45, 7) is 13.3. The van der Waals surface area contributed by atoms with Crippen molar-refractivity contribution in [2.75, 3.05) is 52.7 Å². The molecule has 2 rings (SSSR count). The van der Waals surface area contributed by atoms with Crippen molar-refractivity contribution in [3.8, 4) is 5.75 Å². The lowest BCUT2D eigenvalue weighted by molar-refractivity contribution is 0.0169. The van der Waals surface area contributed by atoms with E-state index in [9.17, 15) is 0 Å². The summed E-state index contributed by atoms with van der Waals surface area (Å²) in [5.41, 5.74) is 1.33. The van der Waals surface area contributed by atoms with Gasteiger partial charge in [-0.2, -0.15) is 0 Å². The fraction of sp³-hybridized carbons (Fsp3) is 0.667. The maximum atomic E-state index is 5.90. The third-order valence-electron chi connectivity index (χ3n) is 3.84. The Balaban J connectivity index is 1.64. The van der Waals surface area contributed by atoms with E-state index < -0.39 is 0 Å². The number of benzene rings is 1. The quantitative estimate of drug-likeness (QED) is 0.725. The van der Waals surface area contributed by atoms with E-state index in [1.165, 1.54) is 5.56 Å². The zero-order chi connectivity index (χ0) is 15.8. The van der Waals surface area contributed by atoms with E-state index in [-0.39, 0.29) is 5.41 Å². The van der Waals surface area contributed by atoms with Crippen LogP contribution in [0.1, 0.15) is 26.3 Å². The lowest BCUT2D eigenvalue weighted by Crippen LogP contribution is -2.38. The van der Waals surface area contributed by atoms with E-state index >= 15 is 0 Å². The number of hydrogen-bond acceptors (Lipinski definition) is 4. The normalized spacial score (nSPS) is 16.7. The Morgan fingerprint density at radius 3 is 2.50 bits per heavy atom. The van der Waals surface area contributed by atoms with Crippen LogP contribution in [0, 0.1) is 0 Å². The van der Waals surface area contributed by atoms with E-state index in [0.29, 0.717) is 13.2 Å². The summed E-state index contributed by atoms with van der Waals surface area (Å²) < 4.78 is 16.9.